The van der Waals surface area contributed by atoms with E-state index in [4.69, 9.17) is 4.74 Å². The van der Waals surface area contributed by atoms with Gasteiger partial charge in [0, 0.05) is 31.0 Å². The van der Waals surface area contributed by atoms with Crippen molar-refractivity contribution in [2.24, 2.45) is 0 Å². The molecular formula is C20H25N7O2. The molecule has 0 aliphatic heterocycles. The first-order chi connectivity index (χ1) is 14.0. The Kier molecular flexibility index (Phi) is 6.38. The van der Waals surface area contributed by atoms with Gasteiger partial charge in [-0.15, -0.1) is 10.2 Å². The molecule has 2 N–H and O–H groups in total. The third-order valence-electron chi connectivity index (χ3n) is 4.53. The fraction of sp³-hybridized carbons (Fsp3) is 0.350. The first-order valence-corrected chi connectivity index (χ1v) is 9.47. The lowest BCUT2D eigenvalue weighted by Crippen LogP contribution is -2.29. The fourth-order valence-corrected chi connectivity index (χ4v) is 2.69. The summed E-state index contributed by atoms with van der Waals surface area (Å²) in [7, 11) is 0. The predicted octanol–water partition coefficient (Wildman–Crippen LogP) is 2.22. The summed E-state index contributed by atoms with van der Waals surface area (Å²) in [5.74, 6) is 1.61. The van der Waals surface area contributed by atoms with Crippen molar-refractivity contribution >= 4 is 11.7 Å². The molecule has 3 heterocycles. The topological polar surface area (TPSA) is 107 Å². The third-order valence-corrected chi connectivity index (χ3v) is 4.53. The number of ether oxygens (including phenoxy) is 1. The van der Waals surface area contributed by atoms with Crippen LogP contribution in [0.2, 0.25) is 0 Å². The Morgan fingerprint density at radius 2 is 1.93 bits per heavy atom. The smallest absolute Gasteiger partial charge is 0.252 e. The highest BCUT2D eigenvalue weighted by Gasteiger charge is 2.10. The molecule has 9 heteroatoms. The van der Waals surface area contributed by atoms with E-state index < -0.39 is 0 Å². The van der Waals surface area contributed by atoms with Gasteiger partial charge in [-0.25, -0.2) is 9.67 Å². The van der Waals surface area contributed by atoms with Crippen molar-refractivity contribution in [1.82, 2.24) is 30.3 Å². The average molecular weight is 395 g/mol. The van der Waals surface area contributed by atoms with Gasteiger partial charge in [-0.2, -0.15) is 5.10 Å². The number of anilines is 1. The number of amides is 1. The predicted molar refractivity (Wildman–Crippen MR) is 110 cm³/mol. The molecule has 29 heavy (non-hydrogen) atoms. The summed E-state index contributed by atoms with van der Waals surface area (Å²) in [5.41, 5.74) is 3.65. The Bertz CT molecular complexity index is 966. The largest absolute Gasteiger partial charge is 0.478 e. The normalized spacial score (nSPS) is 10.6. The highest BCUT2D eigenvalue weighted by Crippen LogP contribution is 2.15. The second-order valence-electron chi connectivity index (χ2n) is 6.49. The van der Waals surface area contributed by atoms with Crippen LogP contribution in [-0.4, -0.2) is 50.6 Å². The van der Waals surface area contributed by atoms with Gasteiger partial charge in [0.2, 0.25) is 5.88 Å². The second-order valence-corrected chi connectivity index (χ2v) is 6.49. The van der Waals surface area contributed by atoms with Crippen LogP contribution in [0.1, 0.15) is 34.2 Å². The molecule has 9 nitrogen and oxygen atoms in total. The minimum Gasteiger partial charge on any atom is -0.478 e. The van der Waals surface area contributed by atoms with Crippen LogP contribution in [0.3, 0.4) is 0 Å². The molecule has 0 saturated heterocycles. The van der Waals surface area contributed by atoms with Gasteiger partial charge in [0.25, 0.3) is 5.91 Å². The van der Waals surface area contributed by atoms with E-state index in [-0.39, 0.29) is 5.91 Å². The SMILES string of the molecule is CCOc1ccc(C(=O)NCCNc2ccc(-n3nc(C)c(C)c3C)nn2)cn1. The van der Waals surface area contributed by atoms with Crippen molar-refractivity contribution in [1.29, 1.82) is 0 Å². The number of hydrogen-bond acceptors (Lipinski definition) is 7. The van der Waals surface area contributed by atoms with Gasteiger partial charge in [0.15, 0.2) is 5.82 Å². The first kappa shape index (κ1) is 20.2. The van der Waals surface area contributed by atoms with Crippen LogP contribution in [0.15, 0.2) is 30.5 Å². The number of pyridine rings is 1. The molecule has 1 amide bonds. The van der Waals surface area contributed by atoms with E-state index >= 15 is 0 Å². The van der Waals surface area contributed by atoms with Crippen molar-refractivity contribution in [3.8, 4) is 11.7 Å². The number of nitrogens with zero attached hydrogens (tertiary/aromatic N) is 5. The Labute approximate surface area is 169 Å². The Balaban J connectivity index is 1.48. The monoisotopic (exact) mass is 395 g/mol. The standard InChI is InChI=1S/C20H25N7O2/c1-5-29-19-9-6-16(12-23-19)20(28)22-11-10-21-17-7-8-18(25-24-17)27-15(4)13(2)14(3)26-27/h6-9,12H,5,10-11H2,1-4H3,(H,21,24)(H,22,28). The molecule has 0 bridgehead atoms. The molecule has 0 aliphatic carbocycles. The van der Waals surface area contributed by atoms with E-state index in [0.717, 1.165) is 17.0 Å². The molecule has 3 aromatic rings. The maximum atomic E-state index is 12.1. The zero-order valence-corrected chi connectivity index (χ0v) is 17.1. The second kappa shape index (κ2) is 9.13. The Morgan fingerprint density at radius 1 is 1.10 bits per heavy atom. The van der Waals surface area contributed by atoms with E-state index in [0.29, 0.717) is 42.8 Å². The van der Waals surface area contributed by atoms with Crippen molar-refractivity contribution in [2.45, 2.75) is 27.7 Å². The van der Waals surface area contributed by atoms with Gasteiger partial charge >= 0.3 is 0 Å². The van der Waals surface area contributed by atoms with E-state index in [1.54, 1.807) is 16.8 Å². The van der Waals surface area contributed by atoms with Gasteiger partial charge in [-0.1, -0.05) is 0 Å². The van der Waals surface area contributed by atoms with Crippen molar-refractivity contribution < 1.29 is 9.53 Å². The molecular weight excluding hydrogens is 370 g/mol. The van der Waals surface area contributed by atoms with E-state index in [2.05, 4.69) is 30.9 Å². The number of hydrogen-bond donors (Lipinski definition) is 2. The Hall–Kier alpha value is -3.49. The van der Waals surface area contributed by atoms with Gasteiger partial charge in [-0.3, -0.25) is 4.79 Å². The molecule has 0 unspecified atom stereocenters. The summed E-state index contributed by atoms with van der Waals surface area (Å²) in [5, 5.41) is 18.9. The summed E-state index contributed by atoms with van der Waals surface area (Å²) in [4.78, 5) is 16.2. The lowest BCUT2D eigenvalue weighted by molar-refractivity contribution is 0.0954. The van der Waals surface area contributed by atoms with Crippen LogP contribution >= 0.6 is 0 Å². The van der Waals surface area contributed by atoms with Gasteiger partial charge in [0.05, 0.1) is 17.9 Å². The Morgan fingerprint density at radius 3 is 2.52 bits per heavy atom. The number of aryl methyl sites for hydroxylation is 1. The summed E-state index contributed by atoms with van der Waals surface area (Å²) in [6.07, 6.45) is 1.50. The van der Waals surface area contributed by atoms with E-state index in [9.17, 15) is 4.79 Å². The lowest BCUT2D eigenvalue weighted by Gasteiger charge is -2.08. The molecule has 0 spiro atoms. The average Bonchev–Trinajstić information content (AvgIpc) is 2.99. The molecule has 0 atom stereocenters. The van der Waals surface area contributed by atoms with Crippen LogP contribution in [0.4, 0.5) is 5.82 Å². The minimum atomic E-state index is -0.191. The number of carbonyl (C=O) groups is 1. The summed E-state index contributed by atoms with van der Waals surface area (Å²) < 4.78 is 7.05. The zero-order chi connectivity index (χ0) is 20.8. The molecule has 0 radical (unpaired) electrons. The summed E-state index contributed by atoms with van der Waals surface area (Å²) in [6, 6.07) is 7.06. The number of rotatable bonds is 8. The van der Waals surface area contributed by atoms with E-state index in [1.807, 2.05) is 39.8 Å². The summed E-state index contributed by atoms with van der Waals surface area (Å²) >= 11 is 0. The molecule has 0 aromatic carbocycles. The van der Waals surface area contributed by atoms with Gasteiger partial charge in [-0.05, 0) is 51.5 Å². The summed E-state index contributed by atoms with van der Waals surface area (Å²) in [6.45, 7) is 9.39. The van der Waals surface area contributed by atoms with Gasteiger partial charge < -0.3 is 15.4 Å². The highest BCUT2D eigenvalue weighted by atomic mass is 16.5. The van der Waals surface area contributed by atoms with Crippen LogP contribution in [-0.2, 0) is 0 Å². The first-order valence-electron chi connectivity index (χ1n) is 9.47. The van der Waals surface area contributed by atoms with Crippen molar-refractivity contribution in [3.05, 3.63) is 53.0 Å². The van der Waals surface area contributed by atoms with Crippen molar-refractivity contribution in [2.75, 3.05) is 25.0 Å². The maximum Gasteiger partial charge on any atom is 0.252 e. The zero-order valence-electron chi connectivity index (χ0n) is 17.1. The van der Waals surface area contributed by atoms with Crippen LogP contribution < -0.4 is 15.4 Å². The molecule has 3 rings (SSSR count). The van der Waals surface area contributed by atoms with Crippen LogP contribution in [0, 0.1) is 20.8 Å². The minimum absolute atomic E-state index is 0.191. The number of aromatic nitrogens is 5. The van der Waals surface area contributed by atoms with E-state index in [1.165, 1.54) is 6.20 Å². The number of nitrogens with one attached hydrogen (secondary N) is 2. The molecule has 152 valence electrons. The third kappa shape index (κ3) is 4.87. The molecule has 0 aliphatic rings. The molecule has 3 aromatic heterocycles. The highest BCUT2D eigenvalue weighted by molar-refractivity contribution is 5.93. The van der Waals surface area contributed by atoms with Crippen molar-refractivity contribution in [3.63, 3.8) is 0 Å². The van der Waals surface area contributed by atoms with Gasteiger partial charge in [0.1, 0.15) is 5.82 Å². The fourth-order valence-electron chi connectivity index (χ4n) is 2.69. The van der Waals surface area contributed by atoms with Crippen LogP contribution in [0.25, 0.3) is 5.82 Å². The number of carbonyl (C=O) groups excluding carboxylic acids is 1. The maximum absolute atomic E-state index is 12.1. The lowest BCUT2D eigenvalue weighted by atomic mass is 10.2. The quantitative estimate of drug-likeness (QED) is 0.563. The molecule has 0 fully saturated rings. The van der Waals surface area contributed by atoms with Crippen LogP contribution in [0.5, 0.6) is 5.88 Å². The molecule has 0 saturated carbocycles.